The van der Waals surface area contributed by atoms with Crippen LogP contribution in [0.3, 0.4) is 0 Å². The first kappa shape index (κ1) is 30.0. The number of carbonyl (C=O) groups is 2. The maximum absolute atomic E-state index is 13.9. The van der Waals surface area contributed by atoms with Crippen LogP contribution in [0.1, 0.15) is 44.9 Å². The molecule has 9 nitrogen and oxygen atoms in total. The topological polar surface area (TPSA) is 105 Å². The summed E-state index contributed by atoms with van der Waals surface area (Å²) in [5, 5.41) is 0. The Kier molecular flexibility index (Phi) is 9.61. The normalized spacial score (nSPS) is 14.7. The molecule has 0 saturated heterocycles. The third-order valence-corrected chi connectivity index (χ3v) is 7.57. The van der Waals surface area contributed by atoms with Crippen LogP contribution in [0.4, 0.5) is 0 Å². The van der Waals surface area contributed by atoms with E-state index in [0.29, 0.717) is 61.1 Å². The number of carbonyl (C=O) groups excluding carboxylic acids is 2. The van der Waals surface area contributed by atoms with E-state index >= 15 is 0 Å². The summed E-state index contributed by atoms with van der Waals surface area (Å²) in [6.45, 7) is 11.2. The van der Waals surface area contributed by atoms with E-state index < -0.39 is 18.0 Å². The molecule has 0 radical (unpaired) electrons. The van der Waals surface area contributed by atoms with Crippen LogP contribution < -0.4 is 29.1 Å². The van der Waals surface area contributed by atoms with Gasteiger partial charge in [-0.15, -0.1) is 0 Å². The minimum Gasteiger partial charge on any atom is -0.490 e. The SMILES string of the molecule is C=CCOc1ccc([C@@H]2C(C(=O)OCC)=C(C)N=c3sc(=Cc4ccc(OC(C)=O)c(Br)c4)c(=O)n32)cc1OCC. The molecule has 1 atom stereocenters. The Balaban J connectivity index is 1.89. The zero-order valence-electron chi connectivity index (χ0n) is 23.1. The second-order valence-electron chi connectivity index (χ2n) is 8.82. The average molecular weight is 642 g/mol. The minimum absolute atomic E-state index is 0.170. The number of rotatable bonds is 10. The highest BCUT2D eigenvalue weighted by atomic mass is 79.9. The predicted molar refractivity (Wildman–Crippen MR) is 159 cm³/mol. The first-order chi connectivity index (χ1) is 19.7. The summed E-state index contributed by atoms with van der Waals surface area (Å²) in [5.41, 5.74) is 1.75. The van der Waals surface area contributed by atoms with Gasteiger partial charge >= 0.3 is 11.9 Å². The zero-order valence-corrected chi connectivity index (χ0v) is 25.5. The molecule has 41 heavy (non-hydrogen) atoms. The van der Waals surface area contributed by atoms with Crippen molar-refractivity contribution in [3.8, 4) is 17.2 Å². The standard InChI is InChI=1S/C30H29BrN2O7S/c1-6-13-39-23-12-10-20(16-24(23)37-7-2)27-26(29(36)38-8-3)17(4)32-30-33(27)28(35)25(41-30)15-19-9-11-22(21(31)14-19)40-18(5)34/h6,9-12,14-16,27H,1,7-8,13H2,2-5H3/t27-/m1/s1. The third kappa shape index (κ3) is 6.52. The minimum atomic E-state index is -0.807. The Morgan fingerprint density at radius 1 is 1.10 bits per heavy atom. The fourth-order valence-corrected chi connectivity index (χ4v) is 5.86. The van der Waals surface area contributed by atoms with Gasteiger partial charge in [-0.3, -0.25) is 14.2 Å². The molecular weight excluding hydrogens is 612 g/mol. The first-order valence-corrected chi connectivity index (χ1v) is 14.5. The number of halogens is 1. The van der Waals surface area contributed by atoms with Gasteiger partial charge in [0.15, 0.2) is 16.3 Å². The molecule has 11 heteroatoms. The quantitative estimate of drug-likeness (QED) is 0.183. The Bertz CT molecular complexity index is 1720. The number of fused-ring (bicyclic) bond motifs is 1. The largest absolute Gasteiger partial charge is 0.490 e. The lowest BCUT2D eigenvalue weighted by Crippen LogP contribution is -2.40. The van der Waals surface area contributed by atoms with E-state index in [1.54, 1.807) is 62.4 Å². The van der Waals surface area contributed by atoms with Gasteiger partial charge < -0.3 is 18.9 Å². The number of nitrogens with zero attached hydrogens (tertiary/aromatic N) is 2. The number of hydrogen-bond acceptors (Lipinski definition) is 9. The molecule has 0 bridgehead atoms. The van der Waals surface area contributed by atoms with Crippen molar-refractivity contribution in [2.75, 3.05) is 19.8 Å². The fraction of sp³-hybridized carbons (Fsp3) is 0.267. The number of allylic oxidation sites excluding steroid dienone is 1. The van der Waals surface area contributed by atoms with Crippen LogP contribution >= 0.6 is 27.3 Å². The van der Waals surface area contributed by atoms with Crippen LogP contribution in [-0.2, 0) is 14.3 Å². The van der Waals surface area contributed by atoms with Gasteiger partial charge in [0.05, 0.1) is 39.5 Å². The first-order valence-electron chi connectivity index (χ1n) is 12.9. The van der Waals surface area contributed by atoms with Crippen LogP contribution in [-0.4, -0.2) is 36.3 Å². The maximum atomic E-state index is 13.9. The average Bonchev–Trinajstić information content (AvgIpc) is 3.22. The van der Waals surface area contributed by atoms with E-state index in [1.807, 2.05) is 6.92 Å². The van der Waals surface area contributed by atoms with Crippen LogP contribution in [0.15, 0.2) is 74.6 Å². The number of ether oxygens (including phenoxy) is 4. The van der Waals surface area contributed by atoms with Crippen LogP contribution in [0.5, 0.6) is 17.2 Å². The molecule has 214 valence electrons. The number of benzene rings is 2. The Labute approximate surface area is 249 Å². The van der Waals surface area contributed by atoms with Crippen molar-refractivity contribution < 1.29 is 28.5 Å². The summed E-state index contributed by atoms with van der Waals surface area (Å²) >= 11 is 4.62. The van der Waals surface area contributed by atoms with Gasteiger partial charge in [0.25, 0.3) is 5.56 Å². The number of aromatic nitrogens is 1. The van der Waals surface area contributed by atoms with Gasteiger partial charge in [0, 0.05) is 6.92 Å². The van der Waals surface area contributed by atoms with Crippen molar-refractivity contribution in [1.29, 1.82) is 0 Å². The molecule has 1 aromatic heterocycles. The Morgan fingerprint density at radius 2 is 1.85 bits per heavy atom. The summed E-state index contributed by atoms with van der Waals surface area (Å²) in [6.07, 6.45) is 3.36. The maximum Gasteiger partial charge on any atom is 0.338 e. The van der Waals surface area contributed by atoms with E-state index in [9.17, 15) is 14.4 Å². The molecule has 0 unspecified atom stereocenters. The highest BCUT2D eigenvalue weighted by Crippen LogP contribution is 2.36. The molecule has 2 aromatic carbocycles. The lowest BCUT2D eigenvalue weighted by molar-refractivity contribution is -0.139. The van der Waals surface area contributed by atoms with Gasteiger partial charge in [0.2, 0.25) is 0 Å². The second kappa shape index (κ2) is 13.1. The number of hydrogen-bond donors (Lipinski definition) is 0. The lowest BCUT2D eigenvalue weighted by atomic mass is 9.95. The van der Waals surface area contributed by atoms with Gasteiger partial charge in [-0.2, -0.15) is 0 Å². The summed E-state index contributed by atoms with van der Waals surface area (Å²) in [5.74, 6) is 0.375. The number of esters is 2. The van der Waals surface area contributed by atoms with Crippen molar-refractivity contribution in [1.82, 2.24) is 4.57 Å². The fourth-order valence-electron chi connectivity index (χ4n) is 4.33. The van der Waals surface area contributed by atoms with Gasteiger partial charge in [0.1, 0.15) is 12.4 Å². The molecular formula is C30H29BrN2O7S. The summed E-state index contributed by atoms with van der Waals surface area (Å²) < 4.78 is 24.6. The smallest absolute Gasteiger partial charge is 0.338 e. The van der Waals surface area contributed by atoms with Crippen molar-refractivity contribution in [3.63, 3.8) is 0 Å². The summed E-state index contributed by atoms with van der Waals surface area (Å²) in [6, 6.07) is 9.64. The van der Waals surface area contributed by atoms with Crippen LogP contribution in [0.2, 0.25) is 0 Å². The molecule has 3 aromatic rings. The Hall–Kier alpha value is -3.96. The van der Waals surface area contributed by atoms with Crippen LogP contribution in [0.25, 0.3) is 6.08 Å². The number of thiazole rings is 1. The molecule has 0 saturated carbocycles. The second-order valence-corrected chi connectivity index (χ2v) is 10.7. The van der Waals surface area contributed by atoms with Crippen molar-refractivity contribution in [2.45, 2.75) is 33.7 Å². The lowest BCUT2D eigenvalue weighted by Gasteiger charge is -2.25. The van der Waals surface area contributed by atoms with Gasteiger partial charge in [-0.25, -0.2) is 9.79 Å². The molecule has 0 fully saturated rings. The highest BCUT2D eigenvalue weighted by Gasteiger charge is 2.34. The van der Waals surface area contributed by atoms with Gasteiger partial charge in [-0.05, 0) is 78.2 Å². The van der Waals surface area contributed by atoms with Crippen molar-refractivity contribution >= 4 is 45.3 Å². The monoisotopic (exact) mass is 640 g/mol. The highest BCUT2D eigenvalue weighted by molar-refractivity contribution is 9.10. The van der Waals surface area contributed by atoms with Crippen molar-refractivity contribution in [2.24, 2.45) is 4.99 Å². The summed E-state index contributed by atoms with van der Waals surface area (Å²) in [7, 11) is 0. The zero-order chi connectivity index (χ0) is 29.7. The third-order valence-electron chi connectivity index (χ3n) is 5.96. The van der Waals surface area contributed by atoms with E-state index in [2.05, 4.69) is 27.5 Å². The molecule has 1 aliphatic heterocycles. The molecule has 0 amide bonds. The van der Waals surface area contributed by atoms with Crippen molar-refractivity contribution in [3.05, 3.63) is 95.6 Å². The van der Waals surface area contributed by atoms with E-state index in [1.165, 1.54) is 22.8 Å². The molecule has 2 heterocycles. The molecule has 1 aliphatic rings. The van der Waals surface area contributed by atoms with E-state index in [-0.39, 0.29) is 17.7 Å². The molecule has 0 spiro atoms. The Morgan fingerprint density at radius 3 is 2.51 bits per heavy atom. The van der Waals surface area contributed by atoms with Gasteiger partial charge in [-0.1, -0.05) is 36.1 Å². The van der Waals surface area contributed by atoms with Crippen LogP contribution in [0, 0.1) is 0 Å². The van der Waals surface area contributed by atoms with E-state index in [0.717, 1.165) is 0 Å². The molecule has 0 aliphatic carbocycles. The molecule has 4 rings (SSSR count). The summed E-state index contributed by atoms with van der Waals surface area (Å²) in [4.78, 5) is 43.5. The predicted octanol–water partition coefficient (Wildman–Crippen LogP) is 4.45. The van der Waals surface area contributed by atoms with E-state index in [4.69, 9.17) is 18.9 Å². The molecule has 0 N–H and O–H groups in total.